The van der Waals surface area contributed by atoms with E-state index in [1.54, 1.807) is 0 Å². The fourth-order valence-corrected chi connectivity index (χ4v) is 3.95. The number of amides is 1. The number of carbonyl (C=O) groups excluding carboxylic acids is 2. The van der Waals surface area contributed by atoms with Gasteiger partial charge in [0.05, 0.1) is 12.2 Å². The minimum atomic E-state index is -0.0965. The lowest BCUT2D eigenvalue weighted by Gasteiger charge is -2.08. The van der Waals surface area contributed by atoms with Gasteiger partial charge in [0.1, 0.15) is 12.4 Å². The van der Waals surface area contributed by atoms with Crippen molar-refractivity contribution in [1.29, 1.82) is 0 Å². The summed E-state index contributed by atoms with van der Waals surface area (Å²) >= 11 is 0. The summed E-state index contributed by atoms with van der Waals surface area (Å²) in [5.41, 5.74) is 6.31. The molecule has 0 atom stereocenters. The highest BCUT2D eigenvalue weighted by atomic mass is 16.5. The number of carbonyl (C=O) groups is 2. The fraction of sp³-hybridized carbons (Fsp3) is 0.207. The lowest BCUT2D eigenvalue weighted by Crippen LogP contribution is -2.08. The molecule has 0 aliphatic heterocycles. The van der Waals surface area contributed by atoms with Crippen LogP contribution in [0.5, 0.6) is 5.75 Å². The van der Waals surface area contributed by atoms with Gasteiger partial charge in [-0.3, -0.25) is 14.3 Å². The van der Waals surface area contributed by atoms with E-state index in [4.69, 9.17) is 4.74 Å². The van der Waals surface area contributed by atoms with Gasteiger partial charge in [-0.05, 0) is 49.2 Å². The maximum Gasteiger partial charge on any atom is 0.221 e. The minimum absolute atomic E-state index is 0.0611. The SMILES string of the molecule is CC(=O)Nc1ccc(Cn2nc(C)c(CC(=O)c3ccc(COc4ccccc4)cc3)c2C)cc1. The van der Waals surface area contributed by atoms with Crippen LogP contribution in [0.3, 0.4) is 0 Å². The molecule has 0 spiro atoms. The smallest absolute Gasteiger partial charge is 0.221 e. The number of nitrogens with zero attached hydrogens (tertiary/aromatic N) is 2. The predicted octanol–water partition coefficient (Wildman–Crippen LogP) is 5.51. The Labute approximate surface area is 205 Å². The van der Waals surface area contributed by atoms with Gasteiger partial charge in [0, 0.05) is 35.9 Å². The Morgan fingerprint density at radius 1 is 0.886 bits per heavy atom. The molecule has 0 bridgehead atoms. The Bertz CT molecular complexity index is 1310. The molecule has 0 saturated carbocycles. The average Bonchev–Trinajstić information content (AvgIpc) is 3.12. The number of Topliss-reactive ketones (excluding diaryl/α,β-unsaturated/α-hetero) is 1. The second kappa shape index (κ2) is 10.8. The molecule has 1 aromatic heterocycles. The standard InChI is InChI=1S/C29H29N3O3/c1-20-28(21(2)32(31-20)18-23-11-15-26(16-12-23)30-22(3)33)17-29(34)25-13-9-24(10-14-25)19-35-27-7-5-4-6-8-27/h4-16H,17-19H2,1-3H3,(H,30,33). The van der Waals surface area contributed by atoms with Crippen molar-refractivity contribution >= 4 is 17.4 Å². The van der Waals surface area contributed by atoms with Crippen molar-refractivity contribution in [3.8, 4) is 5.75 Å². The molecule has 6 heteroatoms. The molecule has 0 aliphatic carbocycles. The molecule has 0 unspecified atom stereocenters. The molecule has 4 rings (SSSR count). The van der Waals surface area contributed by atoms with E-state index in [0.717, 1.165) is 39.5 Å². The summed E-state index contributed by atoms with van der Waals surface area (Å²) in [6, 6.07) is 24.9. The number of aromatic nitrogens is 2. The predicted molar refractivity (Wildman–Crippen MR) is 137 cm³/mol. The first-order chi connectivity index (χ1) is 16.9. The van der Waals surface area contributed by atoms with Gasteiger partial charge >= 0.3 is 0 Å². The van der Waals surface area contributed by atoms with Gasteiger partial charge in [0.25, 0.3) is 0 Å². The van der Waals surface area contributed by atoms with Crippen LogP contribution in [0, 0.1) is 13.8 Å². The Balaban J connectivity index is 1.39. The van der Waals surface area contributed by atoms with Gasteiger partial charge in [-0.1, -0.05) is 54.6 Å². The van der Waals surface area contributed by atoms with Crippen molar-refractivity contribution in [1.82, 2.24) is 9.78 Å². The first kappa shape index (κ1) is 24.0. The second-order valence-corrected chi connectivity index (χ2v) is 8.58. The summed E-state index contributed by atoms with van der Waals surface area (Å²) in [6.07, 6.45) is 0.305. The van der Waals surface area contributed by atoms with Crippen LogP contribution in [0.1, 0.15) is 45.4 Å². The average molecular weight is 468 g/mol. The van der Waals surface area contributed by atoms with Crippen LogP contribution < -0.4 is 10.1 Å². The summed E-state index contributed by atoms with van der Waals surface area (Å²) in [7, 11) is 0. The van der Waals surface area contributed by atoms with Crippen molar-refractivity contribution in [2.24, 2.45) is 0 Å². The Hall–Kier alpha value is -4.19. The van der Waals surface area contributed by atoms with E-state index in [0.29, 0.717) is 25.1 Å². The summed E-state index contributed by atoms with van der Waals surface area (Å²) in [6.45, 7) is 6.47. The molecule has 3 aromatic carbocycles. The number of aryl methyl sites for hydroxylation is 1. The van der Waals surface area contributed by atoms with Crippen LogP contribution in [0.4, 0.5) is 5.69 Å². The third-order valence-corrected chi connectivity index (χ3v) is 5.90. The number of hydrogen-bond donors (Lipinski definition) is 1. The van der Waals surface area contributed by atoms with Crippen molar-refractivity contribution in [2.45, 2.75) is 40.3 Å². The van der Waals surface area contributed by atoms with E-state index in [1.807, 2.05) is 97.4 Å². The zero-order valence-corrected chi connectivity index (χ0v) is 20.2. The first-order valence-corrected chi connectivity index (χ1v) is 11.6. The molecule has 0 radical (unpaired) electrons. The van der Waals surface area contributed by atoms with Crippen LogP contribution in [0.2, 0.25) is 0 Å². The van der Waals surface area contributed by atoms with E-state index in [2.05, 4.69) is 10.4 Å². The second-order valence-electron chi connectivity index (χ2n) is 8.58. The van der Waals surface area contributed by atoms with Crippen LogP contribution >= 0.6 is 0 Å². The summed E-state index contributed by atoms with van der Waals surface area (Å²) < 4.78 is 7.71. The topological polar surface area (TPSA) is 73.2 Å². The van der Waals surface area contributed by atoms with Gasteiger partial charge in [-0.25, -0.2) is 0 Å². The Morgan fingerprint density at radius 3 is 2.20 bits per heavy atom. The maximum atomic E-state index is 13.0. The summed E-state index contributed by atoms with van der Waals surface area (Å²) in [5, 5.41) is 7.44. The highest BCUT2D eigenvalue weighted by molar-refractivity contribution is 5.97. The molecular formula is C29H29N3O3. The van der Waals surface area contributed by atoms with Crippen molar-refractivity contribution in [2.75, 3.05) is 5.32 Å². The molecule has 1 heterocycles. The molecule has 1 amide bonds. The fourth-order valence-electron chi connectivity index (χ4n) is 3.95. The molecule has 0 saturated heterocycles. The van der Waals surface area contributed by atoms with E-state index >= 15 is 0 Å². The number of benzene rings is 3. The van der Waals surface area contributed by atoms with Crippen molar-refractivity contribution < 1.29 is 14.3 Å². The van der Waals surface area contributed by atoms with Crippen molar-refractivity contribution in [3.05, 3.63) is 113 Å². The number of nitrogens with one attached hydrogen (secondary N) is 1. The van der Waals surface area contributed by atoms with Gasteiger partial charge in [0.15, 0.2) is 5.78 Å². The van der Waals surface area contributed by atoms with Crippen LogP contribution in [0.15, 0.2) is 78.9 Å². The zero-order chi connectivity index (χ0) is 24.8. The largest absolute Gasteiger partial charge is 0.489 e. The number of anilines is 1. The summed E-state index contributed by atoms with van der Waals surface area (Å²) in [5.74, 6) is 0.783. The Morgan fingerprint density at radius 2 is 1.54 bits per heavy atom. The van der Waals surface area contributed by atoms with Gasteiger partial charge in [-0.15, -0.1) is 0 Å². The number of ketones is 1. The molecule has 6 nitrogen and oxygen atoms in total. The van der Waals surface area contributed by atoms with E-state index in [9.17, 15) is 9.59 Å². The van der Waals surface area contributed by atoms with E-state index in [1.165, 1.54) is 6.92 Å². The quantitative estimate of drug-likeness (QED) is 0.329. The highest BCUT2D eigenvalue weighted by Crippen LogP contribution is 2.19. The zero-order valence-electron chi connectivity index (χ0n) is 20.2. The third-order valence-electron chi connectivity index (χ3n) is 5.90. The molecule has 0 fully saturated rings. The summed E-state index contributed by atoms with van der Waals surface area (Å²) in [4.78, 5) is 24.2. The number of para-hydroxylation sites is 1. The normalized spacial score (nSPS) is 10.7. The van der Waals surface area contributed by atoms with Crippen LogP contribution in [-0.4, -0.2) is 21.5 Å². The monoisotopic (exact) mass is 467 g/mol. The van der Waals surface area contributed by atoms with Gasteiger partial charge in [-0.2, -0.15) is 5.10 Å². The highest BCUT2D eigenvalue weighted by Gasteiger charge is 2.16. The molecule has 4 aromatic rings. The lowest BCUT2D eigenvalue weighted by atomic mass is 10.0. The number of ether oxygens (including phenoxy) is 1. The third kappa shape index (κ3) is 6.23. The van der Waals surface area contributed by atoms with E-state index in [-0.39, 0.29) is 11.7 Å². The molecule has 35 heavy (non-hydrogen) atoms. The minimum Gasteiger partial charge on any atom is -0.489 e. The number of hydrogen-bond acceptors (Lipinski definition) is 4. The molecular weight excluding hydrogens is 438 g/mol. The van der Waals surface area contributed by atoms with Crippen molar-refractivity contribution in [3.63, 3.8) is 0 Å². The van der Waals surface area contributed by atoms with Crippen LogP contribution in [-0.2, 0) is 24.4 Å². The van der Waals surface area contributed by atoms with Gasteiger partial charge in [0.2, 0.25) is 5.91 Å². The first-order valence-electron chi connectivity index (χ1n) is 11.6. The van der Waals surface area contributed by atoms with E-state index < -0.39 is 0 Å². The molecule has 1 N–H and O–H groups in total. The molecule has 178 valence electrons. The maximum absolute atomic E-state index is 13.0. The molecule has 0 aliphatic rings. The van der Waals surface area contributed by atoms with Crippen LogP contribution in [0.25, 0.3) is 0 Å². The Kier molecular flexibility index (Phi) is 7.41. The van der Waals surface area contributed by atoms with Gasteiger partial charge < -0.3 is 10.1 Å². The lowest BCUT2D eigenvalue weighted by molar-refractivity contribution is -0.114. The number of rotatable bonds is 9.